The summed E-state index contributed by atoms with van der Waals surface area (Å²) in [4.78, 5) is 17.4. The van der Waals surface area contributed by atoms with Crippen LogP contribution in [0, 0.1) is 5.92 Å². The summed E-state index contributed by atoms with van der Waals surface area (Å²) in [5, 5.41) is 11.1. The van der Waals surface area contributed by atoms with Crippen molar-refractivity contribution in [2.24, 2.45) is 5.92 Å². The van der Waals surface area contributed by atoms with Crippen LogP contribution in [0.5, 0.6) is 5.75 Å². The van der Waals surface area contributed by atoms with Gasteiger partial charge < -0.3 is 19.5 Å². The normalized spacial score (nSPS) is 24.9. The number of fused-ring (bicyclic) bond motifs is 4. The van der Waals surface area contributed by atoms with Crippen molar-refractivity contribution in [2.45, 2.75) is 38.1 Å². The number of methoxy groups -OCH3 is 1. The van der Waals surface area contributed by atoms with E-state index in [0.29, 0.717) is 43.6 Å². The summed E-state index contributed by atoms with van der Waals surface area (Å²) in [6, 6.07) is 2.79. The van der Waals surface area contributed by atoms with E-state index in [1.807, 2.05) is 0 Å². The maximum atomic E-state index is 13.5. The Morgan fingerprint density at radius 1 is 1.19 bits per heavy atom. The van der Waals surface area contributed by atoms with Crippen LogP contribution in [-0.2, 0) is 32.8 Å². The van der Waals surface area contributed by atoms with Gasteiger partial charge in [0.15, 0.2) is 11.4 Å². The van der Waals surface area contributed by atoms with E-state index in [4.69, 9.17) is 14.2 Å². The lowest BCUT2D eigenvalue weighted by atomic mass is 9.99. The van der Waals surface area contributed by atoms with Gasteiger partial charge in [0.2, 0.25) is 0 Å². The predicted octanol–water partition coefficient (Wildman–Crippen LogP) is -0.332. The minimum Gasteiger partial charge on any atom is -0.489 e. The number of ether oxygens (including phenoxy) is 3. The molecule has 0 spiro atoms. The van der Waals surface area contributed by atoms with E-state index in [-0.39, 0.29) is 32.0 Å². The number of pyridine rings is 1. The Balaban J connectivity index is 1.36. The average Bonchev–Trinajstić information content (AvgIpc) is 3.50. The molecule has 1 amide bonds. The van der Waals surface area contributed by atoms with Crippen LogP contribution in [0.4, 0.5) is 0 Å². The highest BCUT2D eigenvalue weighted by atomic mass is 32.2. The van der Waals surface area contributed by atoms with Crippen LogP contribution in [0.25, 0.3) is 0 Å². The zero-order valence-corrected chi connectivity index (χ0v) is 21.0. The molecule has 2 aromatic rings. The summed E-state index contributed by atoms with van der Waals surface area (Å²) in [5.41, 5.74) is 0.745. The quantitative estimate of drug-likeness (QED) is 0.572. The van der Waals surface area contributed by atoms with Gasteiger partial charge in [0.25, 0.3) is 16.1 Å². The molecule has 14 heteroatoms. The lowest BCUT2D eigenvalue weighted by molar-refractivity contribution is 0.0318. The van der Waals surface area contributed by atoms with Crippen molar-refractivity contribution in [1.29, 1.82) is 0 Å². The monoisotopic (exact) mass is 521 g/mol. The molecule has 2 saturated heterocycles. The largest absolute Gasteiger partial charge is 0.489 e. The first-order valence-corrected chi connectivity index (χ1v) is 13.5. The highest BCUT2D eigenvalue weighted by Crippen LogP contribution is 2.26. The Bertz CT molecular complexity index is 1170. The molecule has 3 aliphatic heterocycles. The summed E-state index contributed by atoms with van der Waals surface area (Å²) in [7, 11) is -2.07. The third-order valence-corrected chi connectivity index (χ3v) is 8.74. The molecule has 5 heterocycles. The van der Waals surface area contributed by atoms with Gasteiger partial charge in [0, 0.05) is 46.1 Å². The molecule has 2 aromatic heterocycles. The summed E-state index contributed by atoms with van der Waals surface area (Å²) in [6.07, 6.45) is 4.20. The molecule has 0 aliphatic carbocycles. The Labute approximate surface area is 209 Å². The zero-order chi connectivity index (χ0) is 25.1. The van der Waals surface area contributed by atoms with Gasteiger partial charge in [0.1, 0.15) is 12.3 Å². The number of rotatable bonds is 4. The first-order chi connectivity index (χ1) is 17.4. The van der Waals surface area contributed by atoms with Gasteiger partial charge in [-0.2, -0.15) is 17.0 Å². The number of hydrogen-bond acceptors (Lipinski definition) is 9. The predicted molar refractivity (Wildman–Crippen MR) is 126 cm³/mol. The number of nitrogens with zero attached hydrogens (tertiary/aromatic N) is 6. The second kappa shape index (κ2) is 10.8. The SMILES string of the molecule is COCC1CCN(S(=O)(=O)N2C[C@@H]3NC(=O)c4ncccc4OCCn4cc(nn4)CO[C@H]3C2)CC1. The fourth-order valence-electron chi connectivity index (χ4n) is 4.81. The third kappa shape index (κ3) is 5.37. The van der Waals surface area contributed by atoms with Crippen LogP contribution in [0.3, 0.4) is 0 Å². The van der Waals surface area contributed by atoms with Gasteiger partial charge in [-0.15, -0.1) is 5.10 Å². The van der Waals surface area contributed by atoms with Gasteiger partial charge in [-0.05, 0) is 30.9 Å². The fraction of sp³-hybridized carbons (Fsp3) is 0.636. The second-order valence-electron chi connectivity index (χ2n) is 9.22. The maximum Gasteiger partial charge on any atom is 0.282 e. The molecule has 36 heavy (non-hydrogen) atoms. The molecule has 3 aliphatic rings. The maximum absolute atomic E-state index is 13.5. The Hall–Kier alpha value is -2.65. The number of amides is 1. The van der Waals surface area contributed by atoms with Crippen LogP contribution < -0.4 is 10.1 Å². The molecule has 2 atom stereocenters. The van der Waals surface area contributed by atoms with Crippen molar-refractivity contribution in [2.75, 3.05) is 46.5 Å². The van der Waals surface area contributed by atoms with E-state index in [1.165, 1.54) is 14.8 Å². The van der Waals surface area contributed by atoms with Gasteiger partial charge in [-0.1, -0.05) is 5.21 Å². The molecule has 1 N–H and O–H groups in total. The van der Waals surface area contributed by atoms with Crippen LogP contribution in [-0.4, -0.2) is 102 Å². The Kier molecular flexibility index (Phi) is 7.48. The average molecular weight is 522 g/mol. The van der Waals surface area contributed by atoms with Gasteiger partial charge in [-0.25, -0.2) is 9.67 Å². The van der Waals surface area contributed by atoms with Crippen LogP contribution in [0.1, 0.15) is 29.0 Å². The number of aromatic nitrogens is 4. The molecule has 0 aromatic carbocycles. The van der Waals surface area contributed by atoms with Gasteiger partial charge in [0.05, 0.1) is 31.5 Å². The zero-order valence-electron chi connectivity index (χ0n) is 20.2. The molecule has 2 bridgehead atoms. The standard InChI is InChI=1S/C22H31N7O6S/c1-33-14-16-4-7-28(8-5-16)36(31,32)29-12-18-20(13-29)35-15-17-11-27(26-25-17)9-10-34-19-3-2-6-23-21(19)22(30)24-18/h2-3,6,11,16,18,20H,4-5,7-10,12-15H2,1H3,(H,24,30)/t18-,20-/m0/s1. The number of nitrogens with one attached hydrogen (secondary N) is 1. The first kappa shape index (κ1) is 25.0. The van der Waals surface area contributed by atoms with Crippen LogP contribution in [0.2, 0.25) is 0 Å². The van der Waals surface area contributed by atoms with E-state index in [2.05, 4.69) is 20.6 Å². The molecular formula is C22H31N7O6S. The van der Waals surface area contributed by atoms with Gasteiger partial charge in [-0.3, -0.25) is 4.79 Å². The molecule has 0 saturated carbocycles. The molecule has 5 rings (SSSR count). The van der Waals surface area contributed by atoms with E-state index in [9.17, 15) is 13.2 Å². The van der Waals surface area contributed by atoms with Crippen LogP contribution in [0.15, 0.2) is 24.5 Å². The number of piperidine rings is 1. The smallest absolute Gasteiger partial charge is 0.282 e. The molecule has 0 radical (unpaired) electrons. The molecule has 2 fully saturated rings. The summed E-state index contributed by atoms with van der Waals surface area (Å²) in [5.74, 6) is 0.248. The lowest BCUT2D eigenvalue weighted by Gasteiger charge is -2.33. The number of hydrogen-bond donors (Lipinski definition) is 1. The van der Waals surface area contributed by atoms with E-state index < -0.39 is 28.3 Å². The van der Waals surface area contributed by atoms with E-state index in [1.54, 1.807) is 30.1 Å². The number of carbonyl (C=O) groups is 1. The Morgan fingerprint density at radius 2 is 2.03 bits per heavy atom. The van der Waals surface area contributed by atoms with Gasteiger partial charge >= 0.3 is 0 Å². The highest BCUT2D eigenvalue weighted by molar-refractivity contribution is 7.86. The number of carbonyl (C=O) groups excluding carboxylic acids is 1. The summed E-state index contributed by atoms with van der Waals surface area (Å²) >= 11 is 0. The van der Waals surface area contributed by atoms with Crippen molar-refractivity contribution in [3.8, 4) is 5.75 Å². The van der Waals surface area contributed by atoms with E-state index >= 15 is 0 Å². The summed E-state index contributed by atoms with van der Waals surface area (Å²) < 4.78 is 48.6. The molecule has 196 valence electrons. The molecule has 13 nitrogen and oxygen atoms in total. The van der Waals surface area contributed by atoms with Crippen molar-refractivity contribution < 1.29 is 27.4 Å². The minimum atomic E-state index is -3.73. The van der Waals surface area contributed by atoms with Crippen molar-refractivity contribution >= 4 is 16.1 Å². The van der Waals surface area contributed by atoms with Crippen LogP contribution >= 0.6 is 0 Å². The molecular weight excluding hydrogens is 490 g/mol. The van der Waals surface area contributed by atoms with Crippen molar-refractivity contribution in [3.63, 3.8) is 0 Å². The highest BCUT2D eigenvalue weighted by Gasteiger charge is 2.43. The van der Waals surface area contributed by atoms with Crippen molar-refractivity contribution in [3.05, 3.63) is 35.9 Å². The third-order valence-electron chi connectivity index (χ3n) is 6.77. The second-order valence-corrected chi connectivity index (χ2v) is 11.2. The first-order valence-electron chi connectivity index (χ1n) is 12.1. The minimum absolute atomic E-state index is 0.0897. The van der Waals surface area contributed by atoms with Crippen molar-refractivity contribution in [1.82, 2.24) is 33.9 Å². The Morgan fingerprint density at radius 3 is 2.83 bits per heavy atom. The topological polar surface area (TPSA) is 141 Å². The molecule has 0 unspecified atom stereocenters. The summed E-state index contributed by atoms with van der Waals surface area (Å²) in [6.45, 7) is 2.56. The fourth-order valence-corrected chi connectivity index (χ4v) is 6.49. The lowest BCUT2D eigenvalue weighted by Crippen LogP contribution is -2.48. The van der Waals surface area contributed by atoms with E-state index in [0.717, 1.165) is 12.8 Å².